The summed E-state index contributed by atoms with van der Waals surface area (Å²) in [4.78, 5) is 14.4. The van der Waals surface area contributed by atoms with Gasteiger partial charge in [-0.15, -0.1) is 0 Å². The Balaban J connectivity index is 1.51. The second-order valence-electron chi connectivity index (χ2n) is 5.76. The highest BCUT2D eigenvalue weighted by Crippen LogP contribution is 2.31. The molecule has 1 saturated heterocycles. The molecule has 5 nitrogen and oxygen atoms in total. The smallest absolute Gasteiger partial charge is 0.226 e. The molecule has 118 valence electrons. The van der Waals surface area contributed by atoms with Gasteiger partial charge >= 0.3 is 0 Å². The van der Waals surface area contributed by atoms with Crippen LogP contribution in [-0.4, -0.2) is 26.4 Å². The predicted octanol–water partition coefficient (Wildman–Crippen LogP) is 3.54. The summed E-state index contributed by atoms with van der Waals surface area (Å²) in [5, 5.41) is 0. The maximum atomic E-state index is 13.3. The molecule has 0 aliphatic carbocycles. The molecule has 0 amide bonds. The number of nitrogens with one attached hydrogen (secondary N) is 1. The lowest BCUT2D eigenvalue weighted by molar-refractivity contribution is 0.238. The maximum Gasteiger partial charge on any atom is 0.226 e. The van der Waals surface area contributed by atoms with E-state index in [4.69, 9.17) is 4.42 Å². The van der Waals surface area contributed by atoms with Crippen LogP contribution in [0.25, 0.3) is 11.5 Å². The van der Waals surface area contributed by atoms with E-state index in [0.29, 0.717) is 24.0 Å². The van der Waals surface area contributed by atoms with Crippen molar-refractivity contribution in [1.29, 1.82) is 0 Å². The van der Waals surface area contributed by atoms with E-state index in [1.807, 2.05) is 6.20 Å². The molecule has 1 fully saturated rings. The van der Waals surface area contributed by atoms with Gasteiger partial charge in [-0.05, 0) is 37.6 Å². The first-order valence-corrected chi connectivity index (χ1v) is 7.73. The van der Waals surface area contributed by atoms with Crippen LogP contribution in [0.4, 0.5) is 4.39 Å². The molecule has 4 rings (SSSR count). The summed E-state index contributed by atoms with van der Waals surface area (Å²) in [5.41, 5.74) is 1.50. The molecule has 0 bridgehead atoms. The second-order valence-corrected chi connectivity index (χ2v) is 5.76. The molecule has 0 spiro atoms. The zero-order valence-corrected chi connectivity index (χ0v) is 12.6. The first-order valence-electron chi connectivity index (χ1n) is 7.73. The summed E-state index contributed by atoms with van der Waals surface area (Å²) < 4.78 is 18.8. The molecular formula is C17H17FN4O. The molecule has 23 heavy (non-hydrogen) atoms. The second kappa shape index (κ2) is 5.96. The quantitative estimate of drug-likeness (QED) is 0.800. The Kier molecular flexibility index (Phi) is 3.67. The summed E-state index contributed by atoms with van der Waals surface area (Å²) in [7, 11) is 0. The standard InChI is InChI=1S/C17H17FN4O/c18-13-4-1-3-12(9-13)17-21-14(11-23-17)10-22-8-2-5-15(22)16-19-6-7-20-16/h1,3-4,6-7,9,11,15H,2,5,8,10H2,(H,19,20). The van der Waals surface area contributed by atoms with Crippen LogP contribution in [0.3, 0.4) is 0 Å². The average Bonchev–Trinajstić information content (AvgIpc) is 3.29. The minimum Gasteiger partial charge on any atom is -0.444 e. The first kappa shape index (κ1) is 14.1. The number of H-pyrrole nitrogens is 1. The van der Waals surface area contributed by atoms with Gasteiger partial charge in [0.15, 0.2) is 0 Å². The van der Waals surface area contributed by atoms with Crippen molar-refractivity contribution >= 4 is 0 Å². The maximum absolute atomic E-state index is 13.3. The van der Waals surface area contributed by atoms with Crippen molar-refractivity contribution in [1.82, 2.24) is 19.9 Å². The molecule has 3 heterocycles. The van der Waals surface area contributed by atoms with Crippen LogP contribution in [-0.2, 0) is 6.54 Å². The number of hydrogen-bond donors (Lipinski definition) is 1. The Bertz CT molecular complexity index is 784. The highest BCUT2D eigenvalue weighted by molar-refractivity contribution is 5.52. The van der Waals surface area contributed by atoms with Crippen LogP contribution < -0.4 is 0 Å². The number of oxazole rings is 1. The van der Waals surface area contributed by atoms with E-state index in [0.717, 1.165) is 30.9 Å². The van der Waals surface area contributed by atoms with Gasteiger partial charge in [0.1, 0.15) is 17.9 Å². The highest BCUT2D eigenvalue weighted by Gasteiger charge is 2.28. The first-order chi connectivity index (χ1) is 11.3. The normalized spacial score (nSPS) is 18.6. The third-order valence-corrected chi connectivity index (χ3v) is 4.19. The van der Waals surface area contributed by atoms with Crippen molar-refractivity contribution in [2.24, 2.45) is 0 Å². The van der Waals surface area contributed by atoms with Crippen LogP contribution in [0.1, 0.15) is 30.4 Å². The van der Waals surface area contributed by atoms with Crippen molar-refractivity contribution in [2.75, 3.05) is 6.54 Å². The van der Waals surface area contributed by atoms with Crippen molar-refractivity contribution in [3.05, 3.63) is 60.3 Å². The Morgan fingerprint density at radius 2 is 2.35 bits per heavy atom. The number of halogens is 1. The van der Waals surface area contributed by atoms with Crippen LogP contribution in [0.15, 0.2) is 47.3 Å². The van der Waals surface area contributed by atoms with Crippen LogP contribution >= 0.6 is 0 Å². The molecule has 2 aromatic heterocycles. The minimum absolute atomic E-state index is 0.291. The number of aromatic amines is 1. The van der Waals surface area contributed by atoms with E-state index in [1.165, 1.54) is 12.1 Å². The van der Waals surface area contributed by atoms with E-state index in [9.17, 15) is 4.39 Å². The molecule has 1 atom stereocenters. The van der Waals surface area contributed by atoms with Gasteiger partial charge in [-0.2, -0.15) is 0 Å². The number of aromatic nitrogens is 3. The molecule has 1 aliphatic rings. The molecule has 3 aromatic rings. The fraction of sp³-hybridized carbons (Fsp3) is 0.294. The lowest BCUT2D eigenvalue weighted by Gasteiger charge is -2.21. The Hall–Kier alpha value is -2.47. The summed E-state index contributed by atoms with van der Waals surface area (Å²) >= 11 is 0. The third kappa shape index (κ3) is 2.90. The Morgan fingerprint density at radius 1 is 1.39 bits per heavy atom. The topological polar surface area (TPSA) is 58.0 Å². The Morgan fingerprint density at radius 3 is 3.17 bits per heavy atom. The Labute approximate surface area is 133 Å². The monoisotopic (exact) mass is 312 g/mol. The van der Waals surface area contributed by atoms with Gasteiger partial charge in [-0.3, -0.25) is 4.90 Å². The largest absolute Gasteiger partial charge is 0.444 e. The van der Waals surface area contributed by atoms with E-state index in [-0.39, 0.29) is 5.82 Å². The minimum atomic E-state index is -0.292. The van der Waals surface area contributed by atoms with Gasteiger partial charge < -0.3 is 9.40 Å². The molecule has 1 aliphatic heterocycles. The van der Waals surface area contributed by atoms with Gasteiger partial charge in [0.05, 0.1) is 11.7 Å². The lowest BCUT2D eigenvalue weighted by Crippen LogP contribution is -2.23. The summed E-state index contributed by atoms with van der Waals surface area (Å²) in [6.45, 7) is 1.71. The summed E-state index contributed by atoms with van der Waals surface area (Å²) in [6, 6.07) is 6.57. The lowest BCUT2D eigenvalue weighted by atomic mass is 10.2. The number of likely N-dealkylation sites (tertiary alicyclic amines) is 1. The molecule has 1 N–H and O–H groups in total. The molecular weight excluding hydrogens is 295 g/mol. The number of hydrogen-bond acceptors (Lipinski definition) is 4. The van der Waals surface area contributed by atoms with Crippen molar-refractivity contribution < 1.29 is 8.81 Å². The highest BCUT2D eigenvalue weighted by atomic mass is 19.1. The van der Waals surface area contributed by atoms with Gasteiger partial charge in [0.25, 0.3) is 0 Å². The van der Waals surface area contributed by atoms with Gasteiger partial charge in [0, 0.05) is 24.5 Å². The summed E-state index contributed by atoms with van der Waals surface area (Å²) in [5.74, 6) is 1.16. The molecule has 0 radical (unpaired) electrons. The fourth-order valence-electron chi connectivity index (χ4n) is 3.13. The third-order valence-electron chi connectivity index (χ3n) is 4.19. The van der Waals surface area contributed by atoms with Gasteiger partial charge in [0.2, 0.25) is 5.89 Å². The van der Waals surface area contributed by atoms with E-state index in [1.54, 1.807) is 24.6 Å². The van der Waals surface area contributed by atoms with Crippen molar-refractivity contribution in [3.63, 3.8) is 0 Å². The zero-order valence-electron chi connectivity index (χ0n) is 12.6. The molecule has 6 heteroatoms. The van der Waals surface area contributed by atoms with E-state index < -0.39 is 0 Å². The van der Waals surface area contributed by atoms with Crippen LogP contribution in [0, 0.1) is 5.82 Å². The van der Waals surface area contributed by atoms with E-state index in [2.05, 4.69) is 19.9 Å². The van der Waals surface area contributed by atoms with Gasteiger partial charge in [-0.25, -0.2) is 14.4 Å². The number of rotatable bonds is 4. The predicted molar refractivity (Wildman–Crippen MR) is 82.9 cm³/mol. The van der Waals surface area contributed by atoms with Gasteiger partial charge in [-0.1, -0.05) is 6.07 Å². The number of nitrogens with zero attached hydrogens (tertiary/aromatic N) is 3. The molecule has 0 saturated carbocycles. The van der Waals surface area contributed by atoms with Crippen molar-refractivity contribution in [3.8, 4) is 11.5 Å². The molecule has 1 unspecified atom stereocenters. The average molecular weight is 312 g/mol. The van der Waals surface area contributed by atoms with Crippen LogP contribution in [0.5, 0.6) is 0 Å². The summed E-state index contributed by atoms with van der Waals surface area (Å²) in [6.07, 6.45) is 7.51. The van der Waals surface area contributed by atoms with E-state index >= 15 is 0 Å². The number of imidazole rings is 1. The van der Waals surface area contributed by atoms with Crippen LogP contribution in [0.2, 0.25) is 0 Å². The van der Waals surface area contributed by atoms with Crippen molar-refractivity contribution in [2.45, 2.75) is 25.4 Å². The zero-order chi connectivity index (χ0) is 15.6. The molecule has 1 aromatic carbocycles. The number of benzene rings is 1. The SMILES string of the molecule is Fc1cccc(-c2nc(CN3CCCC3c3ncc[nH]3)co2)c1. The fourth-order valence-corrected chi connectivity index (χ4v) is 3.13.